The quantitative estimate of drug-likeness (QED) is 0.286. The summed E-state index contributed by atoms with van der Waals surface area (Å²) in [5.74, 6) is 0.802. The number of carbonyl (C=O) groups excluding carboxylic acids is 1. The van der Waals surface area contributed by atoms with Crippen molar-refractivity contribution in [2.45, 2.75) is 30.3 Å². The Kier molecular flexibility index (Phi) is 7.90. The average molecular weight is 578 g/mol. The molecule has 41 heavy (non-hydrogen) atoms. The molecule has 1 aliphatic rings. The van der Waals surface area contributed by atoms with Crippen LogP contribution in [-0.2, 0) is 21.4 Å². The van der Waals surface area contributed by atoms with Gasteiger partial charge in [0.25, 0.3) is 0 Å². The molecule has 1 saturated heterocycles. The molecule has 0 saturated carbocycles. The first-order valence-corrected chi connectivity index (χ1v) is 14.4. The molecule has 1 amide bonds. The molecule has 0 unspecified atom stereocenters. The normalized spacial score (nSPS) is 15.6. The van der Waals surface area contributed by atoms with Crippen LogP contribution in [0.2, 0.25) is 0 Å². The van der Waals surface area contributed by atoms with Crippen LogP contribution in [0.5, 0.6) is 11.5 Å². The zero-order valence-electron chi connectivity index (χ0n) is 22.8. The molecule has 0 spiro atoms. The van der Waals surface area contributed by atoms with E-state index >= 15 is 0 Å². The highest BCUT2D eigenvalue weighted by Gasteiger charge is 2.28. The number of nitrogens with one attached hydrogen (secondary N) is 1. The number of benzene rings is 2. The van der Waals surface area contributed by atoms with Crippen molar-refractivity contribution < 1.29 is 22.7 Å². The van der Waals surface area contributed by atoms with Crippen molar-refractivity contribution in [2.24, 2.45) is 0 Å². The first-order chi connectivity index (χ1) is 19.7. The summed E-state index contributed by atoms with van der Waals surface area (Å²) in [4.78, 5) is 22.7. The maximum Gasteiger partial charge on any atom is 0.246 e. The number of amides is 1. The van der Waals surface area contributed by atoms with Crippen molar-refractivity contribution in [3.63, 3.8) is 0 Å². The fourth-order valence-electron chi connectivity index (χ4n) is 4.97. The van der Waals surface area contributed by atoms with Crippen LogP contribution in [0.3, 0.4) is 0 Å². The van der Waals surface area contributed by atoms with Gasteiger partial charge in [-0.1, -0.05) is 30.8 Å². The molecule has 3 heterocycles. The number of sulfonamides is 1. The molecule has 13 heteroatoms. The molecule has 1 atom stereocenters. The van der Waals surface area contributed by atoms with Gasteiger partial charge in [0.05, 0.1) is 25.6 Å². The molecule has 2 aromatic carbocycles. The largest absolute Gasteiger partial charge is 0.497 e. The minimum atomic E-state index is -3.89. The second kappa shape index (κ2) is 11.6. The molecular weight excluding hydrogens is 546 g/mol. The van der Waals surface area contributed by atoms with E-state index in [-0.39, 0.29) is 29.1 Å². The van der Waals surface area contributed by atoms with E-state index in [4.69, 9.17) is 20.3 Å². The first-order valence-electron chi connectivity index (χ1n) is 13.0. The molecule has 1 fully saturated rings. The number of anilines is 1. The van der Waals surface area contributed by atoms with Gasteiger partial charge < -0.3 is 20.1 Å². The number of nitrogens with two attached hydrogens (primary N) is 1. The zero-order valence-corrected chi connectivity index (χ0v) is 23.6. The van der Waals surface area contributed by atoms with E-state index in [0.29, 0.717) is 41.4 Å². The Morgan fingerprint density at radius 3 is 2.66 bits per heavy atom. The summed E-state index contributed by atoms with van der Waals surface area (Å²) in [6.07, 6.45) is 4.39. The van der Waals surface area contributed by atoms with E-state index in [2.05, 4.69) is 21.3 Å². The second-order valence-corrected chi connectivity index (χ2v) is 11.3. The number of fused-ring (bicyclic) bond motifs is 1. The van der Waals surface area contributed by atoms with Gasteiger partial charge in [0.2, 0.25) is 15.9 Å². The number of hydrogen-bond acceptors (Lipinski definition) is 9. The van der Waals surface area contributed by atoms with E-state index in [1.165, 1.54) is 32.7 Å². The highest BCUT2D eigenvalue weighted by Crippen LogP contribution is 2.34. The van der Waals surface area contributed by atoms with E-state index in [9.17, 15) is 13.2 Å². The van der Waals surface area contributed by atoms with Gasteiger partial charge in [-0.05, 0) is 36.6 Å². The Morgan fingerprint density at radius 2 is 1.95 bits per heavy atom. The number of nitrogen functional groups attached to an aromatic ring is 1. The van der Waals surface area contributed by atoms with E-state index in [1.54, 1.807) is 17.0 Å². The minimum absolute atomic E-state index is 0.0143. The molecule has 0 radical (unpaired) electrons. The van der Waals surface area contributed by atoms with Gasteiger partial charge in [-0.25, -0.2) is 27.8 Å². The Bertz CT molecular complexity index is 1700. The number of likely N-dealkylation sites (tertiary alicyclic amines) is 1. The van der Waals surface area contributed by atoms with Gasteiger partial charge in [-0.2, -0.15) is 5.10 Å². The molecule has 2 aromatic heterocycles. The third-order valence-electron chi connectivity index (χ3n) is 7.10. The van der Waals surface area contributed by atoms with Gasteiger partial charge in [0, 0.05) is 31.3 Å². The maximum atomic E-state index is 13.0. The predicted octanol–water partition coefficient (Wildman–Crippen LogP) is 2.92. The Balaban J connectivity index is 1.40. The van der Waals surface area contributed by atoms with Gasteiger partial charge in [-0.15, -0.1) is 0 Å². The standard InChI is InChI=1S/C28H31N7O5S/c1-4-24(36)34-13-5-6-20(16-34)35-28-25(27(29)30-17-31-28)26(33-35)19-9-7-18(8-10-19)15-32-41(37,38)23-14-21(39-2)11-12-22(23)40-3/h4,7-12,14,17,20,32H,1,5-6,13,15-16H2,2-3H3,(H2,29,30,31)/t20-/m1/s1. The third-order valence-corrected chi connectivity index (χ3v) is 8.52. The molecule has 0 bridgehead atoms. The van der Waals surface area contributed by atoms with Crippen LogP contribution in [0, 0.1) is 0 Å². The van der Waals surface area contributed by atoms with Crippen molar-refractivity contribution in [3.05, 3.63) is 67.0 Å². The fraction of sp³-hybridized carbons (Fsp3) is 0.286. The lowest BCUT2D eigenvalue weighted by atomic mass is 10.1. The van der Waals surface area contributed by atoms with Crippen molar-refractivity contribution in [3.8, 4) is 22.8 Å². The number of methoxy groups -OCH3 is 2. The molecule has 5 rings (SSSR count). The highest BCUT2D eigenvalue weighted by molar-refractivity contribution is 7.89. The van der Waals surface area contributed by atoms with Crippen LogP contribution in [0.15, 0.2) is 66.3 Å². The number of piperidine rings is 1. The third kappa shape index (κ3) is 5.58. The lowest BCUT2D eigenvalue weighted by Crippen LogP contribution is -2.40. The monoisotopic (exact) mass is 577 g/mol. The number of carbonyl (C=O) groups is 1. The van der Waals surface area contributed by atoms with Crippen molar-refractivity contribution in [1.29, 1.82) is 0 Å². The minimum Gasteiger partial charge on any atom is -0.497 e. The average Bonchev–Trinajstić information content (AvgIpc) is 3.40. The number of ether oxygens (including phenoxy) is 2. The van der Waals surface area contributed by atoms with Crippen LogP contribution in [0.25, 0.3) is 22.3 Å². The summed E-state index contributed by atoms with van der Waals surface area (Å²) in [6.45, 7) is 4.81. The Hall–Kier alpha value is -4.49. The van der Waals surface area contributed by atoms with Crippen LogP contribution >= 0.6 is 0 Å². The van der Waals surface area contributed by atoms with Crippen LogP contribution < -0.4 is 19.9 Å². The van der Waals surface area contributed by atoms with Crippen LogP contribution in [-0.4, -0.2) is 66.3 Å². The van der Waals surface area contributed by atoms with Gasteiger partial charge in [0.15, 0.2) is 5.65 Å². The second-order valence-electron chi connectivity index (χ2n) is 9.57. The smallest absolute Gasteiger partial charge is 0.246 e. The Morgan fingerprint density at radius 1 is 1.17 bits per heavy atom. The molecular formula is C28H31N7O5S. The SMILES string of the molecule is C=CC(=O)N1CCC[C@@H](n2nc(-c3ccc(CNS(=O)(=O)c4cc(OC)ccc4OC)cc3)c3c(N)ncnc32)C1. The lowest BCUT2D eigenvalue weighted by Gasteiger charge is -2.32. The highest BCUT2D eigenvalue weighted by atomic mass is 32.2. The van der Waals surface area contributed by atoms with Gasteiger partial charge in [-0.3, -0.25) is 4.79 Å². The van der Waals surface area contributed by atoms with Gasteiger partial charge >= 0.3 is 0 Å². The summed E-state index contributed by atoms with van der Waals surface area (Å²) in [7, 11) is -1.01. The van der Waals surface area contributed by atoms with E-state index < -0.39 is 10.0 Å². The number of hydrogen-bond donors (Lipinski definition) is 2. The fourth-order valence-corrected chi connectivity index (χ4v) is 6.17. The van der Waals surface area contributed by atoms with Crippen LogP contribution in [0.1, 0.15) is 24.4 Å². The maximum absolute atomic E-state index is 13.0. The number of aromatic nitrogens is 4. The summed E-state index contributed by atoms with van der Waals surface area (Å²) in [6, 6.07) is 11.8. The van der Waals surface area contributed by atoms with Crippen molar-refractivity contribution in [2.75, 3.05) is 33.0 Å². The topological polar surface area (TPSA) is 155 Å². The summed E-state index contributed by atoms with van der Waals surface area (Å²) >= 11 is 0. The van der Waals surface area contributed by atoms with E-state index in [1.807, 2.05) is 28.9 Å². The zero-order chi connectivity index (χ0) is 29.1. The molecule has 214 valence electrons. The Labute approximate surface area is 237 Å². The van der Waals surface area contributed by atoms with Crippen molar-refractivity contribution >= 4 is 32.8 Å². The summed E-state index contributed by atoms with van der Waals surface area (Å²) in [5.41, 5.74) is 8.99. The van der Waals surface area contributed by atoms with Crippen molar-refractivity contribution in [1.82, 2.24) is 29.4 Å². The van der Waals surface area contributed by atoms with E-state index in [0.717, 1.165) is 24.0 Å². The van der Waals surface area contributed by atoms with Crippen LogP contribution in [0.4, 0.5) is 5.82 Å². The number of rotatable bonds is 9. The summed E-state index contributed by atoms with van der Waals surface area (Å²) < 4.78 is 40.9. The van der Waals surface area contributed by atoms with Gasteiger partial charge in [0.1, 0.15) is 34.2 Å². The lowest BCUT2D eigenvalue weighted by molar-refractivity contribution is -0.127. The molecule has 0 aliphatic carbocycles. The summed E-state index contributed by atoms with van der Waals surface area (Å²) in [5, 5.41) is 5.51. The predicted molar refractivity (Wildman–Crippen MR) is 154 cm³/mol. The molecule has 4 aromatic rings. The molecule has 3 N–H and O–H groups in total. The number of nitrogens with zero attached hydrogens (tertiary/aromatic N) is 5. The first kappa shape index (κ1) is 28.1. The molecule has 1 aliphatic heterocycles. The molecule has 12 nitrogen and oxygen atoms in total.